The van der Waals surface area contributed by atoms with E-state index in [4.69, 9.17) is 4.74 Å². The molecule has 1 spiro atoms. The zero-order chi connectivity index (χ0) is 27.2. The molecule has 8 nitrogen and oxygen atoms in total. The lowest BCUT2D eigenvalue weighted by Gasteiger charge is -2.38. The van der Waals surface area contributed by atoms with Crippen molar-refractivity contribution in [3.05, 3.63) is 77.4 Å². The summed E-state index contributed by atoms with van der Waals surface area (Å²) >= 11 is 0. The zero-order valence-electron chi connectivity index (χ0n) is 22.5. The quantitative estimate of drug-likeness (QED) is 0.474. The van der Waals surface area contributed by atoms with Gasteiger partial charge in [-0.05, 0) is 52.0 Å². The number of carbonyl (C=O) groups excluding carboxylic acids is 2. The van der Waals surface area contributed by atoms with E-state index in [1.54, 1.807) is 35.0 Å². The zero-order valence-corrected chi connectivity index (χ0v) is 22.5. The minimum absolute atomic E-state index is 0.0777. The lowest BCUT2D eigenvalue weighted by Crippen LogP contribution is -2.53. The topological polar surface area (TPSA) is 70.9 Å². The minimum Gasteiger partial charge on any atom is -0.496 e. The highest BCUT2D eigenvalue weighted by molar-refractivity contribution is 5.99. The Morgan fingerprint density at radius 1 is 1.18 bits per heavy atom. The molecule has 3 aromatic rings. The van der Waals surface area contributed by atoms with Crippen molar-refractivity contribution in [3.63, 3.8) is 0 Å². The molecule has 5 rings (SSSR count). The highest BCUT2D eigenvalue weighted by Gasteiger charge is 2.61. The first kappa shape index (κ1) is 25.8. The van der Waals surface area contributed by atoms with E-state index in [0.717, 1.165) is 11.3 Å². The van der Waals surface area contributed by atoms with Gasteiger partial charge in [-0.3, -0.25) is 14.4 Å². The summed E-state index contributed by atoms with van der Waals surface area (Å²) < 4.78 is 22.0. The molecule has 0 saturated carbocycles. The van der Waals surface area contributed by atoms with Crippen LogP contribution in [0.4, 0.5) is 14.9 Å². The van der Waals surface area contributed by atoms with Crippen molar-refractivity contribution >= 4 is 17.6 Å². The fourth-order valence-corrected chi connectivity index (χ4v) is 6.06. The summed E-state index contributed by atoms with van der Waals surface area (Å²) in [6, 6.07) is 13.6. The maximum atomic E-state index is 14.5. The van der Waals surface area contributed by atoms with Gasteiger partial charge in [-0.15, -0.1) is 0 Å². The monoisotopic (exact) mass is 519 g/mol. The number of hydrogen-bond acceptors (Lipinski definition) is 4. The van der Waals surface area contributed by atoms with Crippen LogP contribution in [0.25, 0.3) is 0 Å². The predicted molar refractivity (Wildman–Crippen MR) is 143 cm³/mol. The molecule has 3 amide bonds. The van der Waals surface area contributed by atoms with Gasteiger partial charge in [-0.2, -0.15) is 5.10 Å². The summed E-state index contributed by atoms with van der Waals surface area (Å²) in [5.41, 5.74) is 1.90. The van der Waals surface area contributed by atoms with Crippen molar-refractivity contribution in [2.24, 2.45) is 0 Å². The molecule has 0 N–H and O–H groups in total. The molecule has 0 radical (unpaired) electrons. The van der Waals surface area contributed by atoms with Gasteiger partial charge in [0.2, 0.25) is 0 Å². The normalized spacial score (nSPS) is 21.3. The van der Waals surface area contributed by atoms with Crippen LogP contribution >= 0.6 is 0 Å². The fourth-order valence-electron chi connectivity index (χ4n) is 6.06. The Morgan fingerprint density at radius 3 is 2.61 bits per heavy atom. The van der Waals surface area contributed by atoms with Crippen molar-refractivity contribution in [2.45, 2.75) is 51.7 Å². The molecule has 2 aromatic carbocycles. The molecule has 3 heterocycles. The average molecular weight is 520 g/mol. The molecular formula is C29H34FN5O3. The van der Waals surface area contributed by atoms with E-state index in [2.05, 4.69) is 5.10 Å². The number of nitrogens with zero attached hydrogens (tertiary/aromatic N) is 5. The molecule has 38 heavy (non-hydrogen) atoms. The smallest absolute Gasteiger partial charge is 0.325 e. The van der Waals surface area contributed by atoms with Gasteiger partial charge in [0, 0.05) is 55.1 Å². The van der Waals surface area contributed by atoms with Gasteiger partial charge in [0.1, 0.15) is 11.6 Å². The number of rotatable bonds is 6. The lowest BCUT2D eigenvalue weighted by atomic mass is 9.80. The first-order valence-corrected chi connectivity index (χ1v) is 13.0. The molecule has 2 aliphatic heterocycles. The number of para-hydroxylation sites is 1. The van der Waals surface area contributed by atoms with Crippen LogP contribution in [0.15, 0.2) is 54.7 Å². The van der Waals surface area contributed by atoms with E-state index in [0.29, 0.717) is 36.6 Å². The molecule has 2 fully saturated rings. The van der Waals surface area contributed by atoms with Gasteiger partial charge in [-0.25, -0.2) is 9.18 Å². The van der Waals surface area contributed by atoms with Crippen molar-refractivity contribution in [3.8, 4) is 5.75 Å². The molecule has 2 saturated heterocycles. The number of ether oxygens (including phenoxy) is 1. The lowest BCUT2D eigenvalue weighted by molar-refractivity contribution is 0.0782. The first-order chi connectivity index (χ1) is 18.2. The van der Waals surface area contributed by atoms with Crippen LogP contribution in [0.2, 0.25) is 0 Å². The van der Waals surface area contributed by atoms with Crippen LogP contribution < -0.4 is 9.64 Å². The van der Waals surface area contributed by atoms with Crippen LogP contribution in [0, 0.1) is 12.7 Å². The molecular weight excluding hydrogens is 485 g/mol. The van der Waals surface area contributed by atoms with Crippen molar-refractivity contribution in [2.75, 3.05) is 31.6 Å². The average Bonchev–Trinajstić information content (AvgIpc) is 3.56. The van der Waals surface area contributed by atoms with E-state index < -0.39 is 11.4 Å². The molecule has 1 unspecified atom stereocenters. The molecule has 9 heteroatoms. The summed E-state index contributed by atoms with van der Waals surface area (Å²) in [7, 11) is 1.62. The number of hydrogen-bond donors (Lipinski definition) is 0. The summed E-state index contributed by atoms with van der Waals surface area (Å²) in [5, 5.41) is 4.37. The summed E-state index contributed by atoms with van der Waals surface area (Å²) in [4.78, 5) is 33.2. The summed E-state index contributed by atoms with van der Waals surface area (Å²) in [5.74, 6) is -0.139. The highest BCUT2D eigenvalue weighted by atomic mass is 19.1. The van der Waals surface area contributed by atoms with E-state index >= 15 is 0 Å². The number of carbonyl (C=O) groups is 2. The Hall–Kier alpha value is -3.88. The fraction of sp³-hybridized carbons (Fsp3) is 0.414. The number of methoxy groups -OCH3 is 1. The van der Waals surface area contributed by atoms with E-state index in [9.17, 15) is 14.0 Å². The largest absolute Gasteiger partial charge is 0.496 e. The molecule has 1 aromatic heterocycles. The van der Waals surface area contributed by atoms with Crippen LogP contribution in [0.1, 0.15) is 48.3 Å². The van der Waals surface area contributed by atoms with Gasteiger partial charge in [-0.1, -0.05) is 24.3 Å². The Morgan fingerprint density at radius 2 is 1.95 bits per heavy atom. The number of amides is 3. The van der Waals surface area contributed by atoms with Crippen molar-refractivity contribution in [1.29, 1.82) is 0 Å². The van der Waals surface area contributed by atoms with Crippen molar-refractivity contribution < 1.29 is 18.7 Å². The van der Waals surface area contributed by atoms with Crippen molar-refractivity contribution in [1.82, 2.24) is 19.6 Å². The molecule has 0 bridgehead atoms. The van der Waals surface area contributed by atoms with Gasteiger partial charge in [0.15, 0.2) is 0 Å². The standard InChI is InChI=1S/C29H34FN5O3/c1-6-34-20(4)24(15-31-34)27(36)32-16-25(23-12-7-8-13-26(23)38-5)29(17-32)18-33(19(2)3)28(37)35(29)22-11-9-10-21(30)14-22/h7-15,19,25H,6,16-18H2,1-5H3/t25?,29-/m1/s1. The second-order valence-electron chi connectivity index (χ2n) is 10.4. The van der Waals surface area contributed by atoms with Crippen LogP contribution in [0.3, 0.4) is 0 Å². The van der Waals surface area contributed by atoms with Crippen LogP contribution in [-0.2, 0) is 6.54 Å². The Bertz CT molecular complexity index is 1370. The van der Waals surface area contributed by atoms with E-state index in [1.807, 2.05) is 61.8 Å². The SMILES string of the molecule is CCn1ncc(C(=O)N2CC(c3ccccc3OC)[C@@]3(C2)CN(C(C)C)C(=O)N3c2cccc(F)c2)c1C. The van der Waals surface area contributed by atoms with Gasteiger partial charge in [0.25, 0.3) is 5.91 Å². The Kier molecular flexibility index (Phi) is 6.63. The third kappa shape index (κ3) is 4.01. The maximum Gasteiger partial charge on any atom is 0.325 e. The number of anilines is 1. The third-order valence-electron chi connectivity index (χ3n) is 7.97. The maximum absolute atomic E-state index is 14.5. The number of aryl methyl sites for hydroxylation is 1. The van der Waals surface area contributed by atoms with Crippen LogP contribution in [-0.4, -0.2) is 69.8 Å². The number of likely N-dealkylation sites (tertiary alicyclic amines) is 1. The Labute approximate surface area is 222 Å². The van der Waals surface area contributed by atoms with E-state index in [1.165, 1.54) is 12.1 Å². The predicted octanol–water partition coefficient (Wildman–Crippen LogP) is 4.69. The molecule has 200 valence electrons. The summed E-state index contributed by atoms with van der Waals surface area (Å²) in [6.45, 7) is 9.54. The molecule has 2 atom stereocenters. The van der Waals surface area contributed by atoms with Gasteiger partial charge in [0.05, 0.1) is 24.4 Å². The van der Waals surface area contributed by atoms with E-state index in [-0.39, 0.29) is 30.4 Å². The number of urea groups is 1. The van der Waals surface area contributed by atoms with Gasteiger partial charge >= 0.3 is 6.03 Å². The minimum atomic E-state index is -0.839. The highest BCUT2D eigenvalue weighted by Crippen LogP contribution is 2.49. The summed E-state index contributed by atoms with van der Waals surface area (Å²) in [6.07, 6.45) is 1.62. The van der Waals surface area contributed by atoms with Gasteiger partial charge < -0.3 is 14.5 Å². The second kappa shape index (κ2) is 9.78. The molecule has 0 aliphatic carbocycles. The number of aromatic nitrogens is 2. The second-order valence-corrected chi connectivity index (χ2v) is 10.4. The van der Waals surface area contributed by atoms with Crippen LogP contribution in [0.5, 0.6) is 5.75 Å². The number of benzene rings is 2. The number of halogens is 1. The molecule has 2 aliphatic rings. The Balaban J connectivity index is 1.68. The first-order valence-electron chi connectivity index (χ1n) is 13.0. The third-order valence-corrected chi connectivity index (χ3v) is 7.97.